The van der Waals surface area contributed by atoms with Crippen LogP contribution < -0.4 is 10.1 Å². The van der Waals surface area contributed by atoms with Gasteiger partial charge in [-0.15, -0.1) is 12.4 Å². The number of para-hydroxylation sites is 1. The summed E-state index contributed by atoms with van der Waals surface area (Å²) in [5, 5.41) is 3.67. The molecule has 120 valence electrons. The normalized spacial score (nSPS) is 13.0. The summed E-state index contributed by atoms with van der Waals surface area (Å²) in [7, 11) is 1.73. The van der Waals surface area contributed by atoms with E-state index in [4.69, 9.17) is 4.74 Å². The first-order valence-electron chi connectivity index (χ1n) is 7.61. The molecule has 2 nitrogen and oxygen atoms in total. The van der Waals surface area contributed by atoms with Crippen molar-refractivity contribution in [1.82, 2.24) is 5.32 Å². The monoisotopic (exact) mass is 319 g/mol. The van der Waals surface area contributed by atoms with Crippen LogP contribution in [0.1, 0.15) is 25.0 Å². The lowest BCUT2D eigenvalue weighted by Crippen LogP contribution is -2.37. The molecule has 2 unspecified atom stereocenters. The van der Waals surface area contributed by atoms with Gasteiger partial charge in [0.05, 0.1) is 7.11 Å². The van der Waals surface area contributed by atoms with Gasteiger partial charge in [-0.1, -0.05) is 48.5 Å². The molecule has 1 N–H and O–H groups in total. The number of rotatable bonds is 7. The largest absolute Gasteiger partial charge is 0.496 e. The van der Waals surface area contributed by atoms with Crippen molar-refractivity contribution in [2.24, 2.45) is 0 Å². The fourth-order valence-electron chi connectivity index (χ4n) is 2.77. The van der Waals surface area contributed by atoms with Crippen molar-refractivity contribution in [3.8, 4) is 5.75 Å². The Hall–Kier alpha value is -1.51. The Morgan fingerprint density at radius 2 is 1.45 bits per heavy atom. The van der Waals surface area contributed by atoms with Crippen LogP contribution in [0.5, 0.6) is 5.75 Å². The standard InChI is InChI=1S/C19H25NO.ClH/c1-15(13-17-9-5-4-6-10-17)20-16(2)14-18-11-7-8-12-19(18)21-3;/h4-12,15-16,20H,13-14H2,1-3H3;1H. The predicted octanol–water partition coefficient (Wildman–Crippen LogP) is 4.27. The zero-order valence-corrected chi connectivity index (χ0v) is 14.4. The van der Waals surface area contributed by atoms with E-state index in [1.54, 1.807) is 7.11 Å². The first-order valence-corrected chi connectivity index (χ1v) is 7.61. The quantitative estimate of drug-likeness (QED) is 0.823. The number of methoxy groups -OCH3 is 1. The third-order valence-electron chi connectivity index (χ3n) is 3.67. The number of ether oxygens (including phenoxy) is 1. The molecule has 0 saturated carbocycles. The van der Waals surface area contributed by atoms with E-state index in [-0.39, 0.29) is 12.4 Å². The Labute approximate surface area is 140 Å². The molecule has 3 heteroatoms. The first kappa shape index (κ1) is 18.5. The van der Waals surface area contributed by atoms with Crippen LogP contribution in [0.4, 0.5) is 0 Å². The summed E-state index contributed by atoms with van der Waals surface area (Å²) in [5.74, 6) is 0.974. The smallest absolute Gasteiger partial charge is 0.122 e. The number of halogens is 1. The molecule has 0 bridgehead atoms. The van der Waals surface area contributed by atoms with E-state index in [0.29, 0.717) is 12.1 Å². The molecule has 22 heavy (non-hydrogen) atoms. The van der Waals surface area contributed by atoms with Gasteiger partial charge < -0.3 is 10.1 Å². The van der Waals surface area contributed by atoms with Gasteiger partial charge in [-0.3, -0.25) is 0 Å². The Kier molecular flexibility index (Phi) is 8.00. The van der Waals surface area contributed by atoms with E-state index >= 15 is 0 Å². The minimum atomic E-state index is 0. The van der Waals surface area contributed by atoms with E-state index in [9.17, 15) is 0 Å². The Morgan fingerprint density at radius 1 is 0.864 bits per heavy atom. The summed E-state index contributed by atoms with van der Waals surface area (Å²) in [6, 6.07) is 19.7. The third kappa shape index (κ3) is 5.70. The highest BCUT2D eigenvalue weighted by Gasteiger charge is 2.11. The molecule has 0 radical (unpaired) electrons. The van der Waals surface area contributed by atoms with Gasteiger partial charge in [-0.25, -0.2) is 0 Å². The fourth-order valence-corrected chi connectivity index (χ4v) is 2.77. The van der Waals surface area contributed by atoms with Crippen molar-refractivity contribution < 1.29 is 4.74 Å². The van der Waals surface area contributed by atoms with Gasteiger partial charge in [-0.2, -0.15) is 0 Å². The summed E-state index contributed by atoms with van der Waals surface area (Å²) in [4.78, 5) is 0. The van der Waals surface area contributed by atoms with Crippen LogP contribution in [-0.4, -0.2) is 19.2 Å². The molecule has 2 aromatic rings. The Bertz CT molecular complexity index is 544. The van der Waals surface area contributed by atoms with Crippen LogP contribution in [0.15, 0.2) is 54.6 Å². The van der Waals surface area contributed by atoms with Crippen molar-refractivity contribution in [3.63, 3.8) is 0 Å². The number of nitrogens with one attached hydrogen (secondary N) is 1. The van der Waals surface area contributed by atoms with E-state index in [2.05, 4.69) is 61.6 Å². The lowest BCUT2D eigenvalue weighted by molar-refractivity contribution is 0.402. The maximum Gasteiger partial charge on any atom is 0.122 e. The second-order valence-corrected chi connectivity index (χ2v) is 5.67. The average molecular weight is 320 g/mol. The van der Waals surface area contributed by atoms with Crippen LogP contribution in [0, 0.1) is 0 Å². The number of benzene rings is 2. The van der Waals surface area contributed by atoms with Crippen molar-refractivity contribution in [2.75, 3.05) is 7.11 Å². The minimum absolute atomic E-state index is 0. The SMILES string of the molecule is COc1ccccc1CC(C)NC(C)Cc1ccccc1.Cl. The van der Waals surface area contributed by atoms with Crippen molar-refractivity contribution in [1.29, 1.82) is 0 Å². The molecule has 0 heterocycles. The van der Waals surface area contributed by atoms with Gasteiger partial charge in [0, 0.05) is 12.1 Å². The zero-order chi connectivity index (χ0) is 15.1. The van der Waals surface area contributed by atoms with Crippen molar-refractivity contribution in [3.05, 3.63) is 65.7 Å². The molecular weight excluding hydrogens is 294 g/mol. The second kappa shape index (κ2) is 9.50. The molecule has 0 amide bonds. The van der Waals surface area contributed by atoms with E-state index in [0.717, 1.165) is 18.6 Å². The molecule has 2 atom stereocenters. The number of hydrogen-bond donors (Lipinski definition) is 1. The summed E-state index contributed by atoms with van der Waals surface area (Å²) in [6.07, 6.45) is 2.03. The molecule has 0 spiro atoms. The molecule has 0 aliphatic heterocycles. The lowest BCUT2D eigenvalue weighted by Gasteiger charge is -2.21. The second-order valence-electron chi connectivity index (χ2n) is 5.67. The highest BCUT2D eigenvalue weighted by molar-refractivity contribution is 5.85. The molecule has 0 aliphatic carbocycles. The lowest BCUT2D eigenvalue weighted by atomic mass is 10.0. The Morgan fingerprint density at radius 3 is 2.14 bits per heavy atom. The van der Waals surface area contributed by atoms with E-state index in [1.807, 2.05) is 12.1 Å². The van der Waals surface area contributed by atoms with Crippen LogP contribution >= 0.6 is 12.4 Å². The van der Waals surface area contributed by atoms with Crippen molar-refractivity contribution >= 4 is 12.4 Å². The molecule has 0 saturated heterocycles. The molecule has 0 aromatic heterocycles. The van der Waals surface area contributed by atoms with Crippen molar-refractivity contribution in [2.45, 2.75) is 38.8 Å². The first-order chi connectivity index (χ1) is 10.2. The van der Waals surface area contributed by atoms with Gasteiger partial charge in [0.15, 0.2) is 0 Å². The topological polar surface area (TPSA) is 21.3 Å². The van der Waals surface area contributed by atoms with E-state index in [1.165, 1.54) is 11.1 Å². The Balaban J connectivity index is 0.00000242. The highest BCUT2D eigenvalue weighted by Crippen LogP contribution is 2.19. The average Bonchev–Trinajstić information content (AvgIpc) is 2.48. The molecular formula is C19H26ClNO. The van der Waals surface area contributed by atoms with E-state index < -0.39 is 0 Å². The summed E-state index contributed by atoms with van der Waals surface area (Å²) < 4.78 is 5.42. The molecule has 0 aliphatic rings. The molecule has 2 aromatic carbocycles. The summed E-state index contributed by atoms with van der Waals surface area (Å²) >= 11 is 0. The predicted molar refractivity (Wildman–Crippen MR) is 96.2 cm³/mol. The summed E-state index contributed by atoms with van der Waals surface area (Å²) in [5.41, 5.74) is 2.63. The number of hydrogen-bond acceptors (Lipinski definition) is 2. The van der Waals surface area contributed by atoms with Gasteiger partial charge in [0.1, 0.15) is 5.75 Å². The van der Waals surface area contributed by atoms with Crippen LogP contribution in [-0.2, 0) is 12.8 Å². The highest BCUT2D eigenvalue weighted by atomic mass is 35.5. The minimum Gasteiger partial charge on any atom is -0.496 e. The van der Waals surface area contributed by atoms with Gasteiger partial charge in [0.2, 0.25) is 0 Å². The van der Waals surface area contributed by atoms with Crippen LogP contribution in [0.2, 0.25) is 0 Å². The summed E-state index contributed by atoms with van der Waals surface area (Å²) in [6.45, 7) is 4.47. The maximum atomic E-state index is 5.42. The molecule has 0 fully saturated rings. The van der Waals surface area contributed by atoms with Gasteiger partial charge in [-0.05, 0) is 43.9 Å². The molecule has 2 rings (SSSR count). The zero-order valence-electron chi connectivity index (χ0n) is 13.6. The third-order valence-corrected chi connectivity index (χ3v) is 3.67. The maximum absolute atomic E-state index is 5.42. The van der Waals surface area contributed by atoms with Gasteiger partial charge >= 0.3 is 0 Å². The fraction of sp³-hybridized carbons (Fsp3) is 0.368. The van der Waals surface area contributed by atoms with Gasteiger partial charge in [0.25, 0.3) is 0 Å². The van der Waals surface area contributed by atoms with Crippen LogP contribution in [0.25, 0.3) is 0 Å². The van der Waals surface area contributed by atoms with Crippen LogP contribution in [0.3, 0.4) is 0 Å².